The summed E-state index contributed by atoms with van der Waals surface area (Å²) in [4.78, 5) is 22.5. The zero-order valence-electron chi connectivity index (χ0n) is 15.0. The normalized spacial score (nSPS) is 15.5. The molecule has 136 valence electrons. The minimum atomic E-state index is 0.189. The van der Waals surface area contributed by atoms with E-state index >= 15 is 0 Å². The van der Waals surface area contributed by atoms with Gasteiger partial charge in [0, 0.05) is 49.0 Å². The van der Waals surface area contributed by atoms with Gasteiger partial charge in [-0.05, 0) is 19.2 Å². The van der Waals surface area contributed by atoms with Gasteiger partial charge in [0.25, 0.3) is 0 Å². The van der Waals surface area contributed by atoms with Crippen molar-refractivity contribution in [3.05, 3.63) is 41.5 Å². The second-order valence-corrected chi connectivity index (χ2v) is 7.44. The predicted octanol–water partition coefficient (Wildman–Crippen LogP) is 2.39. The number of methoxy groups -OCH3 is 1. The first-order valence-electron chi connectivity index (χ1n) is 8.70. The molecule has 0 bridgehead atoms. The molecule has 7 heteroatoms. The summed E-state index contributed by atoms with van der Waals surface area (Å²) in [5, 5.41) is 2.03. The summed E-state index contributed by atoms with van der Waals surface area (Å²) in [5.74, 6) is 0.999. The standard InChI is InChI=1S/C19H22N4O2S/c1-21-6-8-22(9-7-21)18(24)11-15-13-26-19-20-17(12-23(15)19)14-4-3-5-16(10-14)25-2/h3-5,10,12-13H,6-9,11H2,1-2H3. The van der Waals surface area contributed by atoms with Gasteiger partial charge in [0.05, 0.1) is 19.2 Å². The van der Waals surface area contributed by atoms with Crippen LogP contribution < -0.4 is 4.74 Å². The average molecular weight is 370 g/mol. The van der Waals surface area contributed by atoms with Crippen LogP contribution in [0.3, 0.4) is 0 Å². The lowest BCUT2D eigenvalue weighted by Crippen LogP contribution is -2.47. The van der Waals surface area contributed by atoms with Crippen molar-refractivity contribution in [1.29, 1.82) is 0 Å². The van der Waals surface area contributed by atoms with Crippen molar-refractivity contribution in [3.63, 3.8) is 0 Å². The van der Waals surface area contributed by atoms with Crippen LogP contribution in [0.1, 0.15) is 5.69 Å². The molecule has 3 aromatic rings. The van der Waals surface area contributed by atoms with Gasteiger partial charge in [-0.25, -0.2) is 4.98 Å². The molecule has 26 heavy (non-hydrogen) atoms. The summed E-state index contributed by atoms with van der Waals surface area (Å²) in [6.07, 6.45) is 2.42. The number of amides is 1. The van der Waals surface area contributed by atoms with E-state index in [1.165, 1.54) is 0 Å². The van der Waals surface area contributed by atoms with Gasteiger partial charge < -0.3 is 14.5 Å². The number of aromatic nitrogens is 2. The van der Waals surface area contributed by atoms with E-state index in [-0.39, 0.29) is 5.91 Å². The molecule has 3 heterocycles. The Labute approximate surface area is 156 Å². The highest BCUT2D eigenvalue weighted by molar-refractivity contribution is 7.15. The number of piperazine rings is 1. The van der Waals surface area contributed by atoms with Crippen LogP contribution in [0.4, 0.5) is 0 Å². The quantitative estimate of drug-likeness (QED) is 0.708. The van der Waals surface area contributed by atoms with E-state index in [0.717, 1.165) is 53.8 Å². The van der Waals surface area contributed by atoms with Crippen LogP contribution in [0.5, 0.6) is 5.75 Å². The topological polar surface area (TPSA) is 50.1 Å². The van der Waals surface area contributed by atoms with Crippen LogP contribution in [0, 0.1) is 0 Å². The monoisotopic (exact) mass is 370 g/mol. The van der Waals surface area contributed by atoms with Crippen LogP contribution in [0.25, 0.3) is 16.2 Å². The molecule has 1 fully saturated rings. The first-order chi connectivity index (χ1) is 12.6. The molecule has 4 rings (SSSR count). The van der Waals surface area contributed by atoms with Gasteiger partial charge in [0.2, 0.25) is 5.91 Å². The Morgan fingerprint density at radius 3 is 2.85 bits per heavy atom. The van der Waals surface area contributed by atoms with E-state index in [4.69, 9.17) is 9.72 Å². The Morgan fingerprint density at radius 1 is 1.27 bits per heavy atom. The average Bonchev–Trinajstić information content (AvgIpc) is 3.24. The molecule has 1 aliphatic heterocycles. The van der Waals surface area contributed by atoms with Crippen LogP contribution >= 0.6 is 11.3 Å². The Kier molecular flexibility index (Phi) is 4.65. The molecular formula is C19H22N4O2S. The molecule has 0 atom stereocenters. The molecule has 0 aliphatic carbocycles. The Bertz CT molecular complexity index is 925. The van der Waals surface area contributed by atoms with Gasteiger partial charge in [-0.3, -0.25) is 9.20 Å². The number of carbonyl (C=O) groups is 1. The summed E-state index contributed by atoms with van der Waals surface area (Å²) < 4.78 is 7.33. The van der Waals surface area contributed by atoms with Crippen LogP contribution in [0.15, 0.2) is 35.8 Å². The third-order valence-electron chi connectivity index (χ3n) is 4.84. The van der Waals surface area contributed by atoms with E-state index in [1.54, 1.807) is 18.4 Å². The van der Waals surface area contributed by atoms with E-state index in [9.17, 15) is 4.79 Å². The lowest BCUT2D eigenvalue weighted by molar-refractivity contribution is -0.132. The Morgan fingerprint density at radius 2 is 2.08 bits per heavy atom. The number of likely N-dealkylation sites (N-methyl/N-ethyl adjacent to an activating group) is 1. The molecule has 0 unspecified atom stereocenters. The minimum Gasteiger partial charge on any atom is -0.497 e. The number of benzene rings is 1. The third-order valence-corrected chi connectivity index (χ3v) is 5.73. The fourth-order valence-corrected chi connectivity index (χ4v) is 4.07. The molecule has 1 aromatic carbocycles. The number of imidazole rings is 1. The SMILES string of the molecule is COc1cccc(-c2cn3c(CC(=O)N4CCN(C)CC4)csc3n2)c1. The highest BCUT2D eigenvalue weighted by Crippen LogP contribution is 2.26. The van der Waals surface area contributed by atoms with Gasteiger partial charge in [0.15, 0.2) is 4.96 Å². The number of hydrogen-bond donors (Lipinski definition) is 0. The van der Waals surface area contributed by atoms with E-state index in [2.05, 4.69) is 11.9 Å². The van der Waals surface area contributed by atoms with E-state index < -0.39 is 0 Å². The molecule has 1 aliphatic rings. The van der Waals surface area contributed by atoms with Crippen molar-refractivity contribution in [2.24, 2.45) is 0 Å². The summed E-state index contributed by atoms with van der Waals surface area (Å²) in [6, 6.07) is 7.87. The van der Waals surface area contributed by atoms with Crippen LogP contribution in [0.2, 0.25) is 0 Å². The number of thiazole rings is 1. The van der Waals surface area contributed by atoms with Crippen molar-refractivity contribution >= 4 is 22.2 Å². The van der Waals surface area contributed by atoms with Gasteiger partial charge >= 0.3 is 0 Å². The zero-order valence-corrected chi connectivity index (χ0v) is 15.8. The number of nitrogens with zero attached hydrogens (tertiary/aromatic N) is 4. The molecule has 6 nitrogen and oxygen atoms in total. The molecule has 1 amide bonds. The van der Waals surface area contributed by atoms with Crippen molar-refractivity contribution in [1.82, 2.24) is 19.2 Å². The molecule has 0 saturated carbocycles. The van der Waals surface area contributed by atoms with Gasteiger partial charge in [-0.1, -0.05) is 12.1 Å². The number of ether oxygens (including phenoxy) is 1. The van der Waals surface area contributed by atoms with Crippen LogP contribution in [-0.4, -0.2) is 65.4 Å². The summed E-state index contributed by atoms with van der Waals surface area (Å²) in [6.45, 7) is 3.49. The molecule has 0 N–H and O–H groups in total. The molecule has 0 spiro atoms. The first kappa shape index (κ1) is 17.1. The van der Waals surface area contributed by atoms with Crippen LogP contribution in [-0.2, 0) is 11.2 Å². The summed E-state index contributed by atoms with van der Waals surface area (Å²) in [5.41, 5.74) is 2.90. The molecule has 1 saturated heterocycles. The first-order valence-corrected chi connectivity index (χ1v) is 9.58. The second-order valence-electron chi connectivity index (χ2n) is 6.60. The predicted molar refractivity (Wildman–Crippen MR) is 103 cm³/mol. The Balaban J connectivity index is 1.55. The number of fused-ring (bicyclic) bond motifs is 1. The molecular weight excluding hydrogens is 348 g/mol. The third kappa shape index (κ3) is 3.32. The number of rotatable bonds is 4. The lowest BCUT2D eigenvalue weighted by atomic mass is 10.1. The van der Waals surface area contributed by atoms with Gasteiger partial charge in [0.1, 0.15) is 5.75 Å². The van der Waals surface area contributed by atoms with Crippen molar-refractivity contribution in [2.45, 2.75) is 6.42 Å². The highest BCUT2D eigenvalue weighted by atomic mass is 32.1. The fraction of sp³-hybridized carbons (Fsp3) is 0.368. The lowest BCUT2D eigenvalue weighted by Gasteiger charge is -2.32. The fourth-order valence-electron chi connectivity index (χ4n) is 3.20. The summed E-state index contributed by atoms with van der Waals surface area (Å²) >= 11 is 1.57. The number of carbonyl (C=O) groups excluding carboxylic acids is 1. The maximum Gasteiger partial charge on any atom is 0.228 e. The highest BCUT2D eigenvalue weighted by Gasteiger charge is 2.21. The maximum absolute atomic E-state index is 12.6. The van der Waals surface area contributed by atoms with Crippen molar-refractivity contribution in [3.8, 4) is 17.0 Å². The van der Waals surface area contributed by atoms with E-state index in [1.807, 2.05) is 45.1 Å². The maximum atomic E-state index is 12.6. The second kappa shape index (κ2) is 7.09. The Hall–Kier alpha value is -2.38. The smallest absolute Gasteiger partial charge is 0.228 e. The summed E-state index contributed by atoms with van der Waals surface area (Å²) in [7, 11) is 3.75. The van der Waals surface area contributed by atoms with E-state index in [0.29, 0.717) is 6.42 Å². The zero-order chi connectivity index (χ0) is 18.1. The van der Waals surface area contributed by atoms with Gasteiger partial charge in [-0.15, -0.1) is 11.3 Å². The van der Waals surface area contributed by atoms with Gasteiger partial charge in [-0.2, -0.15) is 0 Å². The largest absolute Gasteiger partial charge is 0.497 e. The van der Waals surface area contributed by atoms with Crippen molar-refractivity contribution in [2.75, 3.05) is 40.3 Å². The van der Waals surface area contributed by atoms with Crippen molar-refractivity contribution < 1.29 is 9.53 Å². The minimum absolute atomic E-state index is 0.189. The number of hydrogen-bond acceptors (Lipinski definition) is 5. The molecule has 2 aromatic heterocycles. The molecule has 0 radical (unpaired) electrons.